The highest BCUT2D eigenvalue weighted by Crippen LogP contribution is 2.29. The van der Waals surface area contributed by atoms with Gasteiger partial charge in [-0.05, 0) is 41.2 Å². The SMILES string of the molecule is C=CC(C=Cc1ccccc1)S(=O)(=O)NC(=O)C(Cc1cnn(Cc2ccccc2)c1)C(=O)N1CCc2ccccc21. The maximum Gasteiger partial charge on any atom is 0.246 e. The quantitative estimate of drug-likeness (QED) is 0.209. The van der Waals surface area contributed by atoms with Crippen LogP contribution < -0.4 is 9.62 Å². The fourth-order valence-corrected chi connectivity index (χ4v) is 6.11. The zero-order valence-corrected chi connectivity index (χ0v) is 23.9. The van der Waals surface area contributed by atoms with Gasteiger partial charge in [-0.3, -0.25) is 19.0 Å². The topological polar surface area (TPSA) is 101 Å². The summed E-state index contributed by atoms with van der Waals surface area (Å²) in [7, 11) is -4.23. The standard InChI is InChI=1S/C33H32N4O4S/c1-2-29(18-17-25-11-5-3-6-12-25)42(40,41)35-32(38)30(33(39)37-20-19-28-15-9-10-16-31(28)37)21-27-22-34-36(24-27)23-26-13-7-4-8-14-26/h2-18,22,24,29-30H,1,19-21,23H2,(H,35,38). The van der Waals surface area contributed by atoms with Crippen molar-refractivity contribution in [3.63, 3.8) is 0 Å². The van der Waals surface area contributed by atoms with Gasteiger partial charge in [-0.15, -0.1) is 6.58 Å². The van der Waals surface area contributed by atoms with Gasteiger partial charge in [-0.1, -0.05) is 97.1 Å². The van der Waals surface area contributed by atoms with Crippen LogP contribution >= 0.6 is 0 Å². The summed E-state index contributed by atoms with van der Waals surface area (Å²) in [5.74, 6) is -2.64. The lowest BCUT2D eigenvalue weighted by atomic mass is 9.99. The molecule has 1 aliphatic rings. The van der Waals surface area contributed by atoms with E-state index in [0.717, 1.165) is 22.4 Å². The van der Waals surface area contributed by atoms with Gasteiger partial charge in [0.25, 0.3) is 0 Å². The van der Waals surface area contributed by atoms with Gasteiger partial charge in [-0.2, -0.15) is 5.10 Å². The Labute approximate surface area is 246 Å². The number of carbonyl (C=O) groups excluding carboxylic acids is 2. The van der Waals surface area contributed by atoms with Gasteiger partial charge >= 0.3 is 0 Å². The Morgan fingerprint density at radius 2 is 1.64 bits per heavy atom. The predicted molar refractivity (Wildman–Crippen MR) is 164 cm³/mol. The summed E-state index contributed by atoms with van der Waals surface area (Å²) < 4.78 is 30.5. The fourth-order valence-electron chi connectivity index (χ4n) is 5.01. The number of nitrogens with zero attached hydrogens (tertiary/aromatic N) is 3. The summed E-state index contributed by atoms with van der Waals surface area (Å²) >= 11 is 0. The molecule has 214 valence electrons. The van der Waals surface area contributed by atoms with E-state index < -0.39 is 33.0 Å². The van der Waals surface area contributed by atoms with Gasteiger partial charge in [0.1, 0.15) is 11.2 Å². The Morgan fingerprint density at radius 1 is 0.952 bits per heavy atom. The third kappa shape index (κ3) is 6.75. The van der Waals surface area contributed by atoms with E-state index in [4.69, 9.17) is 0 Å². The number of hydrogen-bond donors (Lipinski definition) is 1. The highest BCUT2D eigenvalue weighted by atomic mass is 32.2. The molecule has 42 heavy (non-hydrogen) atoms. The molecule has 0 fully saturated rings. The molecule has 1 N–H and O–H groups in total. The Morgan fingerprint density at radius 3 is 2.38 bits per heavy atom. The molecule has 2 unspecified atom stereocenters. The molecule has 9 heteroatoms. The van der Waals surface area contributed by atoms with Crippen molar-refractivity contribution in [2.75, 3.05) is 11.4 Å². The van der Waals surface area contributed by atoms with Crippen molar-refractivity contribution in [1.82, 2.24) is 14.5 Å². The first kappa shape index (κ1) is 28.8. The van der Waals surface area contributed by atoms with Crippen LogP contribution in [0.1, 0.15) is 22.3 Å². The summed E-state index contributed by atoms with van der Waals surface area (Å²) in [6.07, 6.45) is 8.40. The second-order valence-corrected chi connectivity index (χ2v) is 12.0. The van der Waals surface area contributed by atoms with E-state index in [1.54, 1.807) is 28.1 Å². The van der Waals surface area contributed by atoms with E-state index in [0.29, 0.717) is 25.1 Å². The second-order valence-electron chi connectivity index (χ2n) is 10.1. The number of anilines is 1. The van der Waals surface area contributed by atoms with E-state index in [9.17, 15) is 18.0 Å². The largest absolute Gasteiger partial charge is 0.311 e. The Bertz CT molecular complexity index is 1700. The summed E-state index contributed by atoms with van der Waals surface area (Å²) in [5, 5.41) is 3.22. The highest BCUT2D eigenvalue weighted by molar-refractivity contribution is 7.91. The van der Waals surface area contributed by atoms with Crippen molar-refractivity contribution in [1.29, 1.82) is 0 Å². The fraction of sp³-hybridized carbons (Fsp3) is 0.182. The molecule has 0 saturated heterocycles. The minimum atomic E-state index is -4.23. The molecule has 0 saturated carbocycles. The Kier molecular flexibility index (Phi) is 8.78. The van der Waals surface area contributed by atoms with Crippen molar-refractivity contribution < 1.29 is 18.0 Å². The monoisotopic (exact) mass is 580 g/mol. The number of aromatic nitrogens is 2. The summed E-state index contributed by atoms with van der Waals surface area (Å²) in [4.78, 5) is 29.1. The van der Waals surface area contributed by atoms with E-state index in [-0.39, 0.29) is 6.42 Å². The third-order valence-corrected chi connectivity index (χ3v) is 8.75. The molecule has 0 bridgehead atoms. The van der Waals surface area contributed by atoms with Gasteiger partial charge in [0.2, 0.25) is 21.8 Å². The van der Waals surface area contributed by atoms with Crippen LogP contribution in [-0.2, 0) is 39.0 Å². The van der Waals surface area contributed by atoms with E-state index in [2.05, 4.69) is 16.4 Å². The van der Waals surface area contributed by atoms with Crippen LogP contribution in [-0.4, -0.2) is 41.8 Å². The van der Waals surface area contributed by atoms with E-state index in [1.807, 2.05) is 84.9 Å². The highest BCUT2D eigenvalue weighted by Gasteiger charge is 2.37. The number of para-hydroxylation sites is 1. The molecule has 4 aromatic rings. The van der Waals surface area contributed by atoms with Crippen molar-refractivity contribution in [3.8, 4) is 0 Å². The van der Waals surface area contributed by atoms with E-state index in [1.165, 1.54) is 12.2 Å². The lowest BCUT2D eigenvalue weighted by molar-refractivity contribution is -0.132. The number of benzene rings is 3. The lowest BCUT2D eigenvalue weighted by Gasteiger charge is -2.24. The predicted octanol–water partition coefficient (Wildman–Crippen LogP) is 4.39. The van der Waals surface area contributed by atoms with Crippen molar-refractivity contribution in [2.45, 2.75) is 24.6 Å². The molecule has 0 spiro atoms. The maximum atomic E-state index is 13.9. The van der Waals surface area contributed by atoms with Crippen molar-refractivity contribution in [3.05, 3.63) is 138 Å². The molecule has 0 radical (unpaired) electrons. The normalized spacial score (nSPS) is 14.3. The second kappa shape index (κ2) is 12.8. The van der Waals surface area contributed by atoms with Crippen LogP contribution in [0, 0.1) is 5.92 Å². The van der Waals surface area contributed by atoms with Gasteiger partial charge in [0, 0.05) is 18.4 Å². The van der Waals surface area contributed by atoms with Crippen LogP contribution in [0.2, 0.25) is 0 Å². The summed E-state index contributed by atoms with van der Waals surface area (Å²) in [6.45, 7) is 4.59. The average molecular weight is 581 g/mol. The first-order valence-electron chi connectivity index (χ1n) is 13.7. The molecule has 2 heterocycles. The average Bonchev–Trinajstić information content (AvgIpc) is 3.63. The molecule has 1 aromatic heterocycles. The number of fused-ring (bicyclic) bond motifs is 1. The first-order chi connectivity index (χ1) is 20.3. The Balaban J connectivity index is 1.38. The number of rotatable bonds is 11. The zero-order valence-electron chi connectivity index (χ0n) is 23.0. The van der Waals surface area contributed by atoms with Crippen LogP contribution in [0.4, 0.5) is 5.69 Å². The molecule has 2 atom stereocenters. The van der Waals surface area contributed by atoms with Gasteiger partial charge < -0.3 is 4.90 Å². The first-order valence-corrected chi connectivity index (χ1v) is 15.2. The van der Waals surface area contributed by atoms with E-state index >= 15 is 0 Å². The van der Waals surface area contributed by atoms with Crippen molar-refractivity contribution >= 4 is 33.6 Å². The molecule has 5 rings (SSSR count). The molecule has 1 aliphatic heterocycles. The minimum absolute atomic E-state index is 0.00768. The smallest absolute Gasteiger partial charge is 0.246 e. The van der Waals surface area contributed by atoms with Gasteiger partial charge in [-0.25, -0.2) is 8.42 Å². The Hall–Kier alpha value is -4.76. The number of sulfonamides is 1. The number of hydrogen-bond acceptors (Lipinski definition) is 5. The third-order valence-electron chi connectivity index (χ3n) is 7.19. The molecule has 0 aliphatic carbocycles. The zero-order chi connectivity index (χ0) is 29.5. The van der Waals surface area contributed by atoms with Crippen LogP contribution in [0.15, 0.2) is 116 Å². The molecule has 2 amide bonds. The molecule has 8 nitrogen and oxygen atoms in total. The lowest BCUT2D eigenvalue weighted by Crippen LogP contribution is -2.47. The summed E-state index contributed by atoms with van der Waals surface area (Å²) in [6, 6.07) is 26.5. The maximum absolute atomic E-state index is 13.9. The minimum Gasteiger partial charge on any atom is -0.311 e. The van der Waals surface area contributed by atoms with Crippen molar-refractivity contribution in [2.24, 2.45) is 5.92 Å². The van der Waals surface area contributed by atoms with Crippen LogP contribution in [0.3, 0.4) is 0 Å². The van der Waals surface area contributed by atoms with Gasteiger partial charge in [0.15, 0.2) is 0 Å². The molecular weight excluding hydrogens is 548 g/mol. The van der Waals surface area contributed by atoms with Crippen LogP contribution in [0.25, 0.3) is 6.08 Å². The van der Waals surface area contributed by atoms with Gasteiger partial charge in [0.05, 0.1) is 12.7 Å². The molecule has 3 aromatic carbocycles. The number of nitrogens with one attached hydrogen (secondary N) is 1. The van der Waals surface area contributed by atoms with Crippen LogP contribution in [0.5, 0.6) is 0 Å². The summed E-state index contributed by atoms with van der Waals surface area (Å²) in [5.41, 5.74) is 4.24. The number of amides is 2. The number of carbonyl (C=O) groups is 2. The molecular formula is C33H32N4O4S.